The lowest BCUT2D eigenvalue weighted by Crippen LogP contribution is -2.04. The SMILES string of the molecule is COc1cc(CNc2nc(-c3ccccc3)nc3ccccc23)ccn1. The van der Waals surface area contributed by atoms with Crippen LogP contribution in [0.25, 0.3) is 22.3 Å². The fourth-order valence-electron chi connectivity index (χ4n) is 2.79. The minimum Gasteiger partial charge on any atom is -0.481 e. The number of hydrogen-bond donors (Lipinski definition) is 1. The first-order valence-corrected chi connectivity index (χ1v) is 8.38. The van der Waals surface area contributed by atoms with Crippen molar-refractivity contribution in [1.29, 1.82) is 0 Å². The maximum atomic E-state index is 5.19. The molecule has 2 aromatic heterocycles. The second-order valence-corrected chi connectivity index (χ2v) is 5.84. The van der Waals surface area contributed by atoms with Gasteiger partial charge in [0.1, 0.15) is 5.82 Å². The van der Waals surface area contributed by atoms with Gasteiger partial charge in [-0.3, -0.25) is 0 Å². The van der Waals surface area contributed by atoms with E-state index >= 15 is 0 Å². The van der Waals surface area contributed by atoms with Gasteiger partial charge in [-0.05, 0) is 23.8 Å². The summed E-state index contributed by atoms with van der Waals surface area (Å²) in [5.74, 6) is 2.12. The normalized spacial score (nSPS) is 10.7. The fourth-order valence-corrected chi connectivity index (χ4v) is 2.79. The molecule has 26 heavy (non-hydrogen) atoms. The van der Waals surface area contributed by atoms with Crippen molar-refractivity contribution in [3.8, 4) is 17.3 Å². The number of hydrogen-bond acceptors (Lipinski definition) is 5. The molecule has 0 aliphatic heterocycles. The van der Waals surface area contributed by atoms with Gasteiger partial charge in [0.25, 0.3) is 0 Å². The summed E-state index contributed by atoms with van der Waals surface area (Å²) in [7, 11) is 1.61. The van der Waals surface area contributed by atoms with Crippen LogP contribution in [0, 0.1) is 0 Å². The summed E-state index contributed by atoms with van der Waals surface area (Å²) in [4.78, 5) is 13.6. The molecule has 0 radical (unpaired) electrons. The second kappa shape index (κ2) is 7.19. The van der Waals surface area contributed by atoms with Gasteiger partial charge in [-0.2, -0.15) is 0 Å². The van der Waals surface area contributed by atoms with Gasteiger partial charge in [0, 0.05) is 29.8 Å². The Kier molecular flexibility index (Phi) is 4.43. The molecule has 2 heterocycles. The Morgan fingerprint density at radius 3 is 2.58 bits per heavy atom. The minimum atomic E-state index is 0.599. The molecule has 0 atom stereocenters. The molecule has 4 rings (SSSR count). The van der Waals surface area contributed by atoms with Gasteiger partial charge >= 0.3 is 0 Å². The van der Waals surface area contributed by atoms with Crippen molar-refractivity contribution < 1.29 is 4.74 Å². The van der Waals surface area contributed by atoms with E-state index in [9.17, 15) is 0 Å². The zero-order chi connectivity index (χ0) is 17.8. The van der Waals surface area contributed by atoms with E-state index in [1.54, 1.807) is 13.3 Å². The molecular weight excluding hydrogens is 324 g/mol. The predicted molar refractivity (Wildman–Crippen MR) is 103 cm³/mol. The van der Waals surface area contributed by atoms with Gasteiger partial charge in [-0.25, -0.2) is 15.0 Å². The van der Waals surface area contributed by atoms with Crippen molar-refractivity contribution in [1.82, 2.24) is 15.0 Å². The molecule has 2 aromatic carbocycles. The lowest BCUT2D eigenvalue weighted by atomic mass is 10.2. The van der Waals surface area contributed by atoms with E-state index in [0.29, 0.717) is 18.2 Å². The predicted octanol–water partition coefficient (Wildman–Crippen LogP) is 4.31. The van der Waals surface area contributed by atoms with Gasteiger partial charge < -0.3 is 10.1 Å². The highest BCUT2D eigenvalue weighted by atomic mass is 16.5. The van der Waals surface area contributed by atoms with Crippen LogP contribution in [-0.4, -0.2) is 22.1 Å². The largest absolute Gasteiger partial charge is 0.481 e. The molecule has 0 aliphatic carbocycles. The van der Waals surface area contributed by atoms with E-state index < -0.39 is 0 Å². The topological polar surface area (TPSA) is 59.9 Å². The number of fused-ring (bicyclic) bond motifs is 1. The molecule has 1 N–H and O–H groups in total. The summed E-state index contributed by atoms with van der Waals surface area (Å²) in [6.07, 6.45) is 1.74. The van der Waals surface area contributed by atoms with Gasteiger partial charge in [0.2, 0.25) is 5.88 Å². The summed E-state index contributed by atoms with van der Waals surface area (Å²) in [6.45, 7) is 0.619. The lowest BCUT2D eigenvalue weighted by Gasteiger charge is -2.11. The molecule has 0 unspecified atom stereocenters. The van der Waals surface area contributed by atoms with Gasteiger partial charge in [-0.1, -0.05) is 42.5 Å². The smallest absolute Gasteiger partial charge is 0.213 e. The molecule has 0 spiro atoms. The third-order valence-electron chi connectivity index (χ3n) is 4.10. The maximum Gasteiger partial charge on any atom is 0.213 e. The van der Waals surface area contributed by atoms with E-state index in [4.69, 9.17) is 14.7 Å². The quantitative estimate of drug-likeness (QED) is 0.585. The van der Waals surface area contributed by atoms with Gasteiger partial charge in [-0.15, -0.1) is 0 Å². The molecule has 0 amide bonds. The highest BCUT2D eigenvalue weighted by Gasteiger charge is 2.09. The zero-order valence-electron chi connectivity index (χ0n) is 14.4. The zero-order valence-corrected chi connectivity index (χ0v) is 14.4. The third-order valence-corrected chi connectivity index (χ3v) is 4.10. The summed E-state index contributed by atoms with van der Waals surface area (Å²) in [6, 6.07) is 21.9. The van der Waals surface area contributed by atoms with Crippen LogP contribution in [0.5, 0.6) is 5.88 Å². The molecule has 0 aliphatic rings. The Labute approximate surface area is 151 Å². The molecule has 0 bridgehead atoms. The average Bonchev–Trinajstić information content (AvgIpc) is 2.72. The first kappa shape index (κ1) is 16.0. The molecule has 5 heteroatoms. The number of aromatic nitrogens is 3. The summed E-state index contributed by atoms with van der Waals surface area (Å²) < 4.78 is 5.19. The fraction of sp³-hybridized carbons (Fsp3) is 0.0952. The van der Waals surface area contributed by atoms with Crippen molar-refractivity contribution in [2.75, 3.05) is 12.4 Å². The molecule has 0 saturated heterocycles. The maximum absolute atomic E-state index is 5.19. The number of rotatable bonds is 5. The summed E-state index contributed by atoms with van der Waals surface area (Å²) in [5.41, 5.74) is 2.98. The van der Waals surface area contributed by atoms with Crippen LogP contribution < -0.4 is 10.1 Å². The van der Waals surface area contributed by atoms with Crippen LogP contribution in [0.4, 0.5) is 5.82 Å². The number of pyridine rings is 1. The molecule has 0 saturated carbocycles. The summed E-state index contributed by atoms with van der Waals surface area (Å²) >= 11 is 0. The van der Waals surface area contributed by atoms with Crippen molar-refractivity contribution in [2.45, 2.75) is 6.54 Å². The van der Waals surface area contributed by atoms with Crippen molar-refractivity contribution >= 4 is 16.7 Å². The Hall–Kier alpha value is -3.47. The first-order valence-electron chi connectivity index (χ1n) is 8.38. The van der Waals surface area contributed by atoms with E-state index in [1.807, 2.05) is 66.7 Å². The number of anilines is 1. The third kappa shape index (κ3) is 3.32. The van der Waals surface area contributed by atoms with Crippen molar-refractivity contribution in [3.63, 3.8) is 0 Å². The molecular formula is C21H18N4O. The van der Waals surface area contributed by atoms with Crippen LogP contribution in [0.2, 0.25) is 0 Å². The molecule has 128 valence electrons. The van der Waals surface area contributed by atoms with Gasteiger partial charge in [0.15, 0.2) is 5.82 Å². The Morgan fingerprint density at radius 1 is 0.923 bits per heavy atom. The average molecular weight is 342 g/mol. The van der Waals surface area contributed by atoms with Crippen molar-refractivity contribution in [3.05, 3.63) is 78.5 Å². The molecule has 0 fully saturated rings. The van der Waals surface area contributed by atoms with Crippen molar-refractivity contribution in [2.24, 2.45) is 0 Å². The number of methoxy groups -OCH3 is 1. The number of para-hydroxylation sites is 1. The number of benzene rings is 2. The lowest BCUT2D eigenvalue weighted by molar-refractivity contribution is 0.397. The standard InChI is InChI=1S/C21H18N4O/c1-26-19-13-15(11-12-22-19)14-23-21-17-9-5-6-10-18(17)24-20(25-21)16-7-3-2-4-8-16/h2-13H,14H2,1H3,(H,23,24,25). The monoisotopic (exact) mass is 342 g/mol. The molecule has 4 aromatic rings. The number of nitrogens with one attached hydrogen (secondary N) is 1. The van der Waals surface area contributed by atoms with Crippen LogP contribution >= 0.6 is 0 Å². The van der Waals surface area contributed by atoms with Crippen LogP contribution in [0.1, 0.15) is 5.56 Å². The molecule has 5 nitrogen and oxygen atoms in total. The first-order chi connectivity index (χ1) is 12.8. The highest BCUT2D eigenvalue weighted by molar-refractivity contribution is 5.90. The number of ether oxygens (including phenoxy) is 1. The number of nitrogens with zero attached hydrogens (tertiary/aromatic N) is 3. The van der Waals surface area contributed by atoms with Crippen LogP contribution in [-0.2, 0) is 6.54 Å². The Balaban J connectivity index is 1.71. The van der Waals surface area contributed by atoms with E-state index in [2.05, 4.69) is 10.3 Å². The van der Waals surface area contributed by atoms with Crippen LogP contribution in [0.3, 0.4) is 0 Å². The second-order valence-electron chi connectivity index (χ2n) is 5.84. The van der Waals surface area contributed by atoms with Gasteiger partial charge in [0.05, 0.1) is 12.6 Å². The highest BCUT2D eigenvalue weighted by Crippen LogP contribution is 2.25. The Bertz CT molecular complexity index is 1030. The van der Waals surface area contributed by atoms with E-state index in [-0.39, 0.29) is 0 Å². The van der Waals surface area contributed by atoms with Crippen LogP contribution in [0.15, 0.2) is 72.9 Å². The summed E-state index contributed by atoms with van der Waals surface area (Å²) in [5, 5.41) is 4.42. The minimum absolute atomic E-state index is 0.599. The Morgan fingerprint density at radius 2 is 1.73 bits per heavy atom. The van der Waals surface area contributed by atoms with E-state index in [1.165, 1.54) is 0 Å². The van der Waals surface area contributed by atoms with E-state index in [0.717, 1.165) is 27.8 Å².